The number of hydrogen-bond donors (Lipinski definition) is 2. The van der Waals surface area contributed by atoms with Gasteiger partial charge in [0.2, 0.25) is 0 Å². The Labute approximate surface area is 119 Å². The summed E-state index contributed by atoms with van der Waals surface area (Å²) in [5.41, 5.74) is 0.864. The number of carbonyl (C=O) groups is 2. The lowest BCUT2D eigenvalue weighted by Gasteiger charge is -2.02. The van der Waals surface area contributed by atoms with Crippen molar-refractivity contribution in [3.63, 3.8) is 0 Å². The van der Waals surface area contributed by atoms with Gasteiger partial charge in [-0.2, -0.15) is 5.10 Å². The van der Waals surface area contributed by atoms with Gasteiger partial charge in [-0.15, -0.1) is 11.3 Å². The van der Waals surface area contributed by atoms with Gasteiger partial charge in [0.15, 0.2) is 0 Å². The van der Waals surface area contributed by atoms with Crippen LogP contribution in [0.25, 0.3) is 6.08 Å². The molecule has 2 aromatic heterocycles. The molecule has 0 aliphatic heterocycles. The molecule has 1 amide bonds. The monoisotopic (exact) mass is 291 g/mol. The van der Waals surface area contributed by atoms with Gasteiger partial charge in [-0.25, -0.2) is 4.79 Å². The van der Waals surface area contributed by atoms with E-state index in [2.05, 4.69) is 10.4 Å². The van der Waals surface area contributed by atoms with Crippen LogP contribution in [-0.2, 0) is 11.8 Å². The number of anilines is 1. The normalized spacial score (nSPS) is 10.9. The Balaban J connectivity index is 2.17. The highest BCUT2D eigenvalue weighted by atomic mass is 32.1. The quantitative estimate of drug-likeness (QED) is 0.845. The zero-order chi connectivity index (χ0) is 14.7. The van der Waals surface area contributed by atoms with Crippen molar-refractivity contribution in [2.75, 3.05) is 5.32 Å². The summed E-state index contributed by atoms with van der Waals surface area (Å²) in [5, 5.41) is 15.3. The summed E-state index contributed by atoms with van der Waals surface area (Å²) in [6.07, 6.45) is 4.14. The molecule has 0 aromatic carbocycles. The number of aromatic nitrogens is 2. The van der Waals surface area contributed by atoms with Crippen LogP contribution >= 0.6 is 11.3 Å². The summed E-state index contributed by atoms with van der Waals surface area (Å²) >= 11 is 1.25. The number of aryl methyl sites for hydroxylation is 2. The van der Waals surface area contributed by atoms with Crippen LogP contribution in [0.2, 0.25) is 0 Å². The molecule has 0 aliphatic rings. The fourth-order valence-electron chi connectivity index (χ4n) is 1.60. The van der Waals surface area contributed by atoms with Crippen molar-refractivity contribution < 1.29 is 14.7 Å². The zero-order valence-corrected chi connectivity index (χ0v) is 11.8. The van der Waals surface area contributed by atoms with Crippen molar-refractivity contribution in [1.29, 1.82) is 0 Å². The molecule has 20 heavy (non-hydrogen) atoms. The number of hydrogen-bond acceptors (Lipinski definition) is 4. The van der Waals surface area contributed by atoms with Gasteiger partial charge in [-0.3, -0.25) is 9.48 Å². The highest BCUT2D eigenvalue weighted by molar-refractivity contribution is 7.15. The molecule has 2 heterocycles. The van der Waals surface area contributed by atoms with Gasteiger partial charge in [0.25, 0.3) is 5.91 Å². The number of carboxylic acids is 1. The lowest BCUT2D eigenvalue weighted by atomic mass is 10.2. The van der Waals surface area contributed by atoms with Crippen LogP contribution in [-0.4, -0.2) is 26.8 Å². The lowest BCUT2D eigenvalue weighted by molar-refractivity contribution is -0.131. The molecule has 0 saturated carbocycles. The zero-order valence-electron chi connectivity index (χ0n) is 11.0. The minimum atomic E-state index is -1.02. The minimum absolute atomic E-state index is 0.239. The number of carboxylic acid groups (broad SMARTS) is 1. The Bertz CT molecular complexity index is 685. The second-order valence-electron chi connectivity index (χ2n) is 4.12. The number of aliphatic carboxylic acids is 1. The second-order valence-corrected chi connectivity index (χ2v) is 5.21. The van der Waals surface area contributed by atoms with Gasteiger partial charge in [-0.1, -0.05) is 0 Å². The van der Waals surface area contributed by atoms with Crippen molar-refractivity contribution in [3.8, 4) is 0 Å². The molecule has 2 N–H and O–H groups in total. The molecule has 0 radical (unpaired) electrons. The average molecular weight is 291 g/mol. The van der Waals surface area contributed by atoms with E-state index in [0.29, 0.717) is 10.7 Å². The lowest BCUT2D eigenvalue weighted by Crippen LogP contribution is -2.13. The Morgan fingerprint density at radius 2 is 2.25 bits per heavy atom. The Kier molecular flexibility index (Phi) is 3.99. The molecule has 0 bridgehead atoms. The van der Waals surface area contributed by atoms with E-state index in [1.165, 1.54) is 17.4 Å². The first-order chi connectivity index (χ1) is 9.47. The van der Waals surface area contributed by atoms with E-state index in [-0.39, 0.29) is 5.91 Å². The molecule has 0 atom stereocenters. The van der Waals surface area contributed by atoms with Crippen molar-refractivity contribution in [1.82, 2.24) is 9.78 Å². The molecule has 6 nitrogen and oxygen atoms in total. The van der Waals surface area contributed by atoms with Crippen molar-refractivity contribution >= 4 is 35.1 Å². The summed E-state index contributed by atoms with van der Waals surface area (Å²) in [6, 6.07) is 3.43. The van der Waals surface area contributed by atoms with E-state index in [9.17, 15) is 9.59 Å². The Hall–Kier alpha value is -2.41. The molecule has 104 valence electrons. The predicted octanol–water partition coefficient (Wildman–Crippen LogP) is 2.14. The molecule has 7 heteroatoms. The van der Waals surface area contributed by atoms with Crippen LogP contribution in [0.5, 0.6) is 0 Å². The van der Waals surface area contributed by atoms with Crippen molar-refractivity contribution in [2.45, 2.75) is 6.92 Å². The molecule has 0 unspecified atom stereocenters. The predicted molar refractivity (Wildman–Crippen MR) is 76.9 cm³/mol. The minimum Gasteiger partial charge on any atom is -0.478 e. The fraction of sp³-hybridized carbons (Fsp3) is 0.154. The first-order valence-corrected chi connectivity index (χ1v) is 6.60. The maximum atomic E-state index is 12.1. The van der Waals surface area contributed by atoms with Gasteiger partial charge in [0, 0.05) is 24.1 Å². The number of carbonyl (C=O) groups excluding carboxylic acids is 1. The van der Waals surface area contributed by atoms with Crippen LogP contribution in [0.15, 0.2) is 24.4 Å². The topological polar surface area (TPSA) is 84.2 Å². The summed E-state index contributed by atoms with van der Waals surface area (Å²) in [6.45, 7) is 1.83. The van der Waals surface area contributed by atoms with Crippen LogP contribution in [0.4, 0.5) is 5.82 Å². The SMILES string of the molecule is Cc1cc(C(=O)Nc2ccnn2C)sc1/C=C/C(=O)O. The molecule has 0 fully saturated rings. The van der Waals surface area contributed by atoms with E-state index in [0.717, 1.165) is 16.5 Å². The van der Waals surface area contributed by atoms with E-state index < -0.39 is 5.97 Å². The summed E-state index contributed by atoms with van der Waals surface area (Å²) in [5.74, 6) is -0.654. The number of amides is 1. The molecular weight excluding hydrogens is 278 g/mol. The van der Waals surface area contributed by atoms with E-state index in [1.807, 2.05) is 6.92 Å². The van der Waals surface area contributed by atoms with E-state index in [4.69, 9.17) is 5.11 Å². The number of nitrogens with zero attached hydrogens (tertiary/aromatic N) is 2. The van der Waals surface area contributed by atoms with Gasteiger partial charge in [0.05, 0.1) is 11.1 Å². The summed E-state index contributed by atoms with van der Waals surface area (Å²) in [4.78, 5) is 23.9. The van der Waals surface area contributed by atoms with Gasteiger partial charge in [-0.05, 0) is 24.6 Å². The number of nitrogens with one attached hydrogen (secondary N) is 1. The van der Waals surface area contributed by atoms with Crippen molar-refractivity contribution in [3.05, 3.63) is 39.7 Å². The van der Waals surface area contributed by atoms with Gasteiger partial charge < -0.3 is 10.4 Å². The standard InChI is InChI=1S/C13H13N3O3S/c1-8-7-10(20-9(8)3-4-12(17)18)13(19)15-11-5-6-14-16(11)2/h3-7H,1-2H3,(H,15,19)(H,17,18)/b4-3+. The Morgan fingerprint density at radius 1 is 1.50 bits per heavy atom. The van der Waals surface area contributed by atoms with Crippen LogP contribution in [0.3, 0.4) is 0 Å². The van der Waals surface area contributed by atoms with E-state index >= 15 is 0 Å². The highest BCUT2D eigenvalue weighted by Gasteiger charge is 2.13. The third kappa shape index (κ3) is 3.12. The molecule has 2 aromatic rings. The van der Waals surface area contributed by atoms with Gasteiger partial charge in [0.1, 0.15) is 5.82 Å². The maximum absolute atomic E-state index is 12.1. The van der Waals surface area contributed by atoms with Crippen LogP contribution in [0.1, 0.15) is 20.1 Å². The maximum Gasteiger partial charge on any atom is 0.328 e. The first-order valence-electron chi connectivity index (χ1n) is 5.78. The second kappa shape index (κ2) is 5.70. The molecule has 0 aliphatic carbocycles. The third-order valence-electron chi connectivity index (χ3n) is 2.62. The average Bonchev–Trinajstić information content (AvgIpc) is 2.94. The Morgan fingerprint density at radius 3 is 2.85 bits per heavy atom. The largest absolute Gasteiger partial charge is 0.478 e. The number of rotatable bonds is 4. The summed E-state index contributed by atoms with van der Waals surface area (Å²) < 4.78 is 1.56. The molecule has 0 spiro atoms. The van der Waals surface area contributed by atoms with Crippen LogP contribution < -0.4 is 5.32 Å². The van der Waals surface area contributed by atoms with Gasteiger partial charge >= 0.3 is 5.97 Å². The highest BCUT2D eigenvalue weighted by Crippen LogP contribution is 2.24. The third-order valence-corrected chi connectivity index (χ3v) is 3.82. The smallest absolute Gasteiger partial charge is 0.328 e. The number of thiophene rings is 1. The molecule has 0 saturated heterocycles. The van der Waals surface area contributed by atoms with Crippen molar-refractivity contribution in [2.24, 2.45) is 7.05 Å². The van der Waals surface area contributed by atoms with Crippen LogP contribution in [0, 0.1) is 6.92 Å². The summed E-state index contributed by atoms with van der Waals surface area (Å²) in [7, 11) is 1.73. The fourth-order valence-corrected chi connectivity index (χ4v) is 2.57. The molecular formula is C13H13N3O3S. The first kappa shape index (κ1) is 14.0. The van der Waals surface area contributed by atoms with E-state index in [1.54, 1.807) is 30.1 Å². The molecule has 2 rings (SSSR count).